The van der Waals surface area contributed by atoms with Crippen molar-refractivity contribution in [3.8, 4) is 0 Å². The second-order valence-electron chi connectivity index (χ2n) is 5.19. The molecule has 1 heterocycles. The molecule has 0 saturated carbocycles. The molecule has 0 aromatic heterocycles. The molecule has 0 unspecified atom stereocenters. The van der Waals surface area contributed by atoms with Crippen LogP contribution in [0, 0.1) is 11.2 Å². The highest BCUT2D eigenvalue weighted by Gasteiger charge is 2.40. The minimum atomic E-state index is -0.736. The summed E-state index contributed by atoms with van der Waals surface area (Å²) in [4.78, 5) is 13.7. The summed E-state index contributed by atoms with van der Waals surface area (Å²) in [6, 6.07) is 6.14. The van der Waals surface area contributed by atoms with Gasteiger partial charge in [0.15, 0.2) is 0 Å². The van der Waals surface area contributed by atoms with Crippen LogP contribution >= 0.6 is 0 Å². The lowest BCUT2D eigenvalue weighted by Crippen LogP contribution is -2.44. The molecule has 1 fully saturated rings. The number of halogens is 1. The number of hydrogen-bond acceptors (Lipinski definition) is 2. The van der Waals surface area contributed by atoms with Crippen LogP contribution in [0.5, 0.6) is 0 Å². The zero-order valence-electron chi connectivity index (χ0n) is 10.5. The molecule has 3 nitrogen and oxygen atoms in total. The number of nitrogens with zero attached hydrogens (tertiary/aromatic N) is 1. The number of carbonyl (C=O) groups is 1. The van der Waals surface area contributed by atoms with Gasteiger partial charge in [-0.3, -0.25) is 4.79 Å². The number of aliphatic carboxylic acids is 1. The van der Waals surface area contributed by atoms with E-state index in [2.05, 4.69) is 4.90 Å². The average Bonchev–Trinajstić information content (AvgIpc) is 2.35. The van der Waals surface area contributed by atoms with Gasteiger partial charge in [-0.25, -0.2) is 4.39 Å². The van der Waals surface area contributed by atoms with Crippen LogP contribution in [-0.4, -0.2) is 36.1 Å². The Morgan fingerprint density at radius 3 is 2.39 bits per heavy atom. The Bertz CT molecular complexity index is 422. The topological polar surface area (TPSA) is 40.5 Å². The highest BCUT2D eigenvalue weighted by atomic mass is 19.1. The Morgan fingerprint density at radius 1 is 1.33 bits per heavy atom. The summed E-state index contributed by atoms with van der Waals surface area (Å²) in [7, 11) is 2.00. The van der Waals surface area contributed by atoms with Gasteiger partial charge in [-0.2, -0.15) is 0 Å². The van der Waals surface area contributed by atoms with Gasteiger partial charge in [-0.05, 0) is 57.1 Å². The van der Waals surface area contributed by atoms with Crippen molar-refractivity contribution in [3.63, 3.8) is 0 Å². The molecule has 4 heteroatoms. The molecule has 0 amide bonds. The van der Waals surface area contributed by atoms with E-state index in [1.54, 1.807) is 12.1 Å². The summed E-state index contributed by atoms with van der Waals surface area (Å²) in [5.74, 6) is -1.02. The third kappa shape index (κ3) is 2.70. The molecule has 0 radical (unpaired) electrons. The predicted molar refractivity (Wildman–Crippen MR) is 66.9 cm³/mol. The molecule has 0 spiro atoms. The largest absolute Gasteiger partial charge is 0.481 e. The minimum absolute atomic E-state index is 0.286. The number of rotatable bonds is 3. The van der Waals surface area contributed by atoms with Gasteiger partial charge in [0, 0.05) is 0 Å². The van der Waals surface area contributed by atoms with E-state index < -0.39 is 11.4 Å². The lowest BCUT2D eigenvalue weighted by Gasteiger charge is -2.37. The number of likely N-dealkylation sites (tertiary alicyclic amines) is 1. The van der Waals surface area contributed by atoms with Crippen LogP contribution in [0.3, 0.4) is 0 Å². The maximum absolute atomic E-state index is 12.8. The van der Waals surface area contributed by atoms with E-state index in [1.807, 2.05) is 7.05 Å². The molecule has 1 N–H and O–H groups in total. The first kappa shape index (κ1) is 13.0. The Kier molecular flexibility index (Phi) is 3.66. The first-order chi connectivity index (χ1) is 8.52. The number of benzene rings is 1. The lowest BCUT2D eigenvalue weighted by atomic mass is 9.74. The van der Waals surface area contributed by atoms with Gasteiger partial charge in [0.05, 0.1) is 5.41 Å². The van der Waals surface area contributed by atoms with Crippen molar-refractivity contribution in [1.82, 2.24) is 4.90 Å². The molecule has 2 rings (SSSR count). The normalized spacial score (nSPS) is 19.7. The number of carboxylic acids is 1. The van der Waals surface area contributed by atoms with Gasteiger partial charge in [-0.15, -0.1) is 0 Å². The van der Waals surface area contributed by atoms with Crippen molar-refractivity contribution in [3.05, 3.63) is 35.6 Å². The molecule has 1 aliphatic heterocycles. The van der Waals surface area contributed by atoms with E-state index >= 15 is 0 Å². The molecule has 0 aliphatic carbocycles. The lowest BCUT2D eigenvalue weighted by molar-refractivity contribution is -0.151. The zero-order chi connectivity index (χ0) is 13.2. The molecule has 0 atom stereocenters. The van der Waals surface area contributed by atoms with E-state index in [1.165, 1.54) is 12.1 Å². The molecular weight excluding hydrogens is 233 g/mol. The maximum atomic E-state index is 12.8. The van der Waals surface area contributed by atoms with Crippen LogP contribution < -0.4 is 0 Å². The van der Waals surface area contributed by atoms with Crippen LogP contribution in [-0.2, 0) is 11.2 Å². The van der Waals surface area contributed by atoms with Gasteiger partial charge in [0.1, 0.15) is 5.82 Å². The van der Waals surface area contributed by atoms with Crippen LogP contribution in [0.4, 0.5) is 4.39 Å². The molecular formula is C14H18FNO2. The third-order valence-corrected chi connectivity index (χ3v) is 3.85. The number of piperidine rings is 1. The highest BCUT2D eigenvalue weighted by Crippen LogP contribution is 2.35. The van der Waals surface area contributed by atoms with Crippen LogP contribution in [0.25, 0.3) is 0 Å². The zero-order valence-corrected chi connectivity index (χ0v) is 10.5. The maximum Gasteiger partial charge on any atom is 0.310 e. The summed E-state index contributed by atoms with van der Waals surface area (Å²) < 4.78 is 12.8. The molecule has 0 bridgehead atoms. The quantitative estimate of drug-likeness (QED) is 0.895. The van der Waals surface area contributed by atoms with Gasteiger partial charge in [0.25, 0.3) is 0 Å². The summed E-state index contributed by atoms with van der Waals surface area (Å²) >= 11 is 0. The Balaban J connectivity index is 2.16. The van der Waals surface area contributed by atoms with Gasteiger partial charge in [0.2, 0.25) is 0 Å². The van der Waals surface area contributed by atoms with E-state index in [0.29, 0.717) is 19.3 Å². The fourth-order valence-electron chi connectivity index (χ4n) is 2.51. The monoisotopic (exact) mass is 251 g/mol. The first-order valence-electron chi connectivity index (χ1n) is 6.18. The molecule has 98 valence electrons. The minimum Gasteiger partial charge on any atom is -0.481 e. The van der Waals surface area contributed by atoms with Gasteiger partial charge < -0.3 is 10.0 Å². The summed E-state index contributed by atoms with van der Waals surface area (Å²) in [6.07, 6.45) is 1.78. The van der Waals surface area contributed by atoms with E-state index in [-0.39, 0.29) is 5.82 Å². The second-order valence-corrected chi connectivity index (χ2v) is 5.19. The number of hydrogen-bond donors (Lipinski definition) is 1. The molecule has 1 aliphatic rings. The summed E-state index contributed by atoms with van der Waals surface area (Å²) in [6.45, 7) is 1.60. The highest BCUT2D eigenvalue weighted by molar-refractivity contribution is 5.75. The fourth-order valence-corrected chi connectivity index (χ4v) is 2.51. The summed E-state index contributed by atoms with van der Waals surface area (Å²) in [5, 5.41) is 9.50. The fraction of sp³-hybridized carbons (Fsp3) is 0.500. The molecule has 18 heavy (non-hydrogen) atoms. The SMILES string of the molecule is CN1CCC(Cc2ccc(F)cc2)(C(=O)O)CC1. The van der Waals surface area contributed by atoms with Crippen molar-refractivity contribution in [2.45, 2.75) is 19.3 Å². The van der Waals surface area contributed by atoms with Crippen molar-refractivity contribution in [1.29, 1.82) is 0 Å². The van der Waals surface area contributed by atoms with Crippen molar-refractivity contribution in [2.24, 2.45) is 5.41 Å². The Morgan fingerprint density at radius 2 is 1.89 bits per heavy atom. The smallest absolute Gasteiger partial charge is 0.310 e. The summed E-state index contributed by atoms with van der Waals surface area (Å²) in [5.41, 5.74) is 0.202. The predicted octanol–water partition coefficient (Wildman–Crippen LogP) is 2.16. The van der Waals surface area contributed by atoms with Crippen LogP contribution in [0.2, 0.25) is 0 Å². The van der Waals surface area contributed by atoms with Gasteiger partial charge >= 0.3 is 5.97 Å². The molecule has 1 aromatic rings. The molecule has 1 aromatic carbocycles. The number of carboxylic acid groups (broad SMARTS) is 1. The van der Waals surface area contributed by atoms with E-state index in [9.17, 15) is 14.3 Å². The van der Waals surface area contributed by atoms with Crippen LogP contribution in [0.15, 0.2) is 24.3 Å². The molecule has 1 saturated heterocycles. The standard InChI is InChI=1S/C14H18FNO2/c1-16-8-6-14(7-9-16,13(17)18)10-11-2-4-12(15)5-3-11/h2-5H,6-10H2,1H3,(H,17,18). The van der Waals surface area contributed by atoms with E-state index in [0.717, 1.165) is 18.7 Å². The Hall–Kier alpha value is -1.42. The second kappa shape index (κ2) is 5.06. The first-order valence-corrected chi connectivity index (χ1v) is 6.18. The van der Waals surface area contributed by atoms with Crippen molar-refractivity contribution in [2.75, 3.05) is 20.1 Å². The van der Waals surface area contributed by atoms with E-state index in [4.69, 9.17) is 0 Å². The third-order valence-electron chi connectivity index (χ3n) is 3.85. The average molecular weight is 251 g/mol. The van der Waals surface area contributed by atoms with Gasteiger partial charge in [-0.1, -0.05) is 12.1 Å². The van der Waals surface area contributed by atoms with Crippen LogP contribution in [0.1, 0.15) is 18.4 Å². The van der Waals surface area contributed by atoms with Crippen molar-refractivity contribution < 1.29 is 14.3 Å². The van der Waals surface area contributed by atoms with Crippen molar-refractivity contribution >= 4 is 5.97 Å². The Labute approximate surface area is 106 Å².